The third kappa shape index (κ3) is 5.24. The molecule has 2 N–H and O–H groups in total. The summed E-state index contributed by atoms with van der Waals surface area (Å²) in [7, 11) is -3.99. The average molecular weight is 442 g/mol. The summed E-state index contributed by atoms with van der Waals surface area (Å²) in [5.41, 5.74) is 0.848. The molecular weight excluding hydrogens is 421 g/mol. The number of piperazine rings is 1. The van der Waals surface area contributed by atoms with Gasteiger partial charge in [0.15, 0.2) is 0 Å². The summed E-state index contributed by atoms with van der Waals surface area (Å²) in [6, 6.07) is 10.3. The van der Waals surface area contributed by atoms with Crippen LogP contribution in [0.2, 0.25) is 5.02 Å². The molecule has 0 aromatic heterocycles. The van der Waals surface area contributed by atoms with Crippen LogP contribution < -0.4 is 9.62 Å². The summed E-state index contributed by atoms with van der Waals surface area (Å²) in [6.07, 6.45) is 0. The second kappa shape index (κ2) is 9.08. The first-order valence-corrected chi connectivity index (χ1v) is 10.8. The lowest BCUT2D eigenvalue weighted by Crippen LogP contribution is -2.56. The number of nitrogens with zero attached hydrogens (tertiary/aromatic N) is 2. The molecule has 0 aliphatic carbocycles. The molecule has 1 amide bonds. The van der Waals surface area contributed by atoms with Gasteiger partial charge in [0.25, 0.3) is 0 Å². The van der Waals surface area contributed by atoms with Crippen LogP contribution in [0.3, 0.4) is 0 Å². The highest BCUT2D eigenvalue weighted by Crippen LogP contribution is 2.18. The van der Waals surface area contributed by atoms with Crippen LogP contribution in [0.25, 0.3) is 0 Å². The molecule has 2 aromatic rings. The largest absolute Gasteiger partial charge is 0.394 e. The van der Waals surface area contributed by atoms with Gasteiger partial charge in [0, 0.05) is 36.9 Å². The Labute approximate surface area is 173 Å². The van der Waals surface area contributed by atoms with Gasteiger partial charge in [0.05, 0.1) is 11.5 Å². The number of halogens is 2. The Kier molecular flexibility index (Phi) is 6.74. The number of aliphatic hydroxyl groups excluding tert-OH is 1. The number of carbonyl (C=O) groups excluding carboxylic acids is 1. The van der Waals surface area contributed by atoms with Crippen molar-refractivity contribution in [3.05, 3.63) is 59.4 Å². The number of hydrogen-bond donors (Lipinski definition) is 2. The molecule has 0 radical (unpaired) electrons. The van der Waals surface area contributed by atoms with Gasteiger partial charge in [-0.2, -0.15) is 4.72 Å². The average Bonchev–Trinajstić information content (AvgIpc) is 2.72. The first-order valence-electron chi connectivity index (χ1n) is 8.98. The summed E-state index contributed by atoms with van der Waals surface area (Å²) < 4.78 is 40.3. The number of sulfonamides is 1. The number of nitrogens with one attached hydrogen (secondary N) is 1. The fourth-order valence-electron chi connectivity index (χ4n) is 3.09. The molecule has 1 heterocycles. The van der Waals surface area contributed by atoms with E-state index in [1.54, 1.807) is 12.1 Å². The van der Waals surface area contributed by atoms with Gasteiger partial charge in [-0.05, 0) is 48.5 Å². The number of carbonyl (C=O) groups is 1. The van der Waals surface area contributed by atoms with Crippen molar-refractivity contribution < 1.29 is 22.7 Å². The van der Waals surface area contributed by atoms with Gasteiger partial charge in [-0.25, -0.2) is 12.8 Å². The summed E-state index contributed by atoms with van der Waals surface area (Å²) in [4.78, 5) is 16.2. The van der Waals surface area contributed by atoms with Crippen molar-refractivity contribution in [1.82, 2.24) is 9.62 Å². The standard InChI is InChI=1S/C19H21ClFN3O4S/c20-14-1-7-17(8-2-14)29(27,28)22-18(13-25)19(26)24-11-9-23(10-12-24)16-5-3-15(21)4-6-16/h1-8,18,22,25H,9-13H2. The highest BCUT2D eigenvalue weighted by molar-refractivity contribution is 7.89. The van der Waals surface area contributed by atoms with Crippen molar-refractivity contribution >= 4 is 33.2 Å². The summed E-state index contributed by atoms with van der Waals surface area (Å²) in [5, 5.41) is 9.98. The Morgan fingerprint density at radius 2 is 1.66 bits per heavy atom. The zero-order valence-electron chi connectivity index (χ0n) is 15.5. The first kappa shape index (κ1) is 21.5. The first-order chi connectivity index (χ1) is 13.8. The monoisotopic (exact) mass is 441 g/mol. The van der Waals surface area contributed by atoms with Crippen LogP contribution in [0.15, 0.2) is 53.4 Å². The van der Waals surface area contributed by atoms with Gasteiger partial charge >= 0.3 is 0 Å². The number of aliphatic hydroxyl groups is 1. The van der Waals surface area contributed by atoms with E-state index >= 15 is 0 Å². The minimum Gasteiger partial charge on any atom is -0.394 e. The maximum Gasteiger partial charge on any atom is 0.243 e. The lowest BCUT2D eigenvalue weighted by atomic mass is 10.2. The molecular formula is C19H21ClFN3O4S. The second-order valence-corrected chi connectivity index (χ2v) is 8.75. The van der Waals surface area contributed by atoms with Crippen LogP contribution in [-0.4, -0.2) is 63.2 Å². The van der Waals surface area contributed by atoms with Crippen molar-refractivity contribution in [2.45, 2.75) is 10.9 Å². The molecule has 0 bridgehead atoms. The van der Waals surface area contributed by atoms with Gasteiger partial charge in [-0.3, -0.25) is 4.79 Å². The van der Waals surface area contributed by atoms with Gasteiger partial charge < -0.3 is 14.9 Å². The van der Waals surface area contributed by atoms with Gasteiger partial charge in [-0.1, -0.05) is 11.6 Å². The Morgan fingerprint density at radius 1 is 1.07 bits per heavy atom. The van der Waals surface area contributed by atoms with Crippen LogP contribution in [0.5, 0.6) is 0 Å². The third-order valence-corrected chi connectivity index (χ3v) is 6.42. The van der Waals surface area contributed by atoms with E-state index in [1.165, 1.54) is 41.3 Å². The molecule has 0 saturated carbocycles. The number of rotatable bonds is 6. The van der Waals surface area contributed by atoms with Crippen LogP contribution in [0.1, 0.15) is 0 Å². The molecule has 3 rings (SSSR count). The van der Waals surface area contributed by atoms with Gasteiger partial charge in [0.2, 0.25) is 15.9 Å². The van der Waals surface area contributed by atoms with E-state index in [-0.39, 0.29) is 10.7 Å². The van der Waals surface area contributed by atoms with Crippen LogP contribution >= 0.6 is 11.6 Å². The summed E-state index contributed by atoms with van der Waals surface area (Å²) >= 11 is 5.77. The lowest BCUT2D eigenvalue weighted by molar-refractivity contribution is -0.134. The van der Waals surface area contributed by atoms with E-state index in [1.807, 2.05) is 4.90 Å². The fraction of sp³-hybridized carbons (Fsp3) is 0.316. The second-order valence-electron chi connectivity index (χ2n) is 6.60. The minimum absolute atomic E-state index is 0.0470. The quantitative estimate of drug-likeness (QED) is 0.708. The Balaban J connectivity index is 1.62. The number of amides is 1. The van der Waals surface area contributed by atoms with E-state index in [0.717, 1.165) is 5.69 Å². The smallest absolute Gasteiger partial charge is 0.243 e. The zero-order chi connectivity index (χ0) is 21.0. The lowest BCUT2D eigenvalue weighted by Gasteiger charge is -2.37. The highest BCUT2D eigenvalue weighted by Gasteiger charge is 2.30. The molecule has 1 unspecified atom stereocenters. The summed E-state index contributed by atoms with van der Waals surface area (Å²) in [5.74, 6) is -0.815. The normalized spacial score (nSPS) is 16.0. The van der Waals surface area contributed by atoms with Crippen molar-refractivity contribution in [3.63, 3.8) is 0 Å². The molecule has 1 aliphatic rings. The van der Waals surface area contributed by atoms with Crippen LogP contribution in [0, 0.1) is 5.82 Å². The molecule has 0 spiro atoms. The molecule has 7 nitrogen and oxygen atoms in total. The summed E-state index contributed by atoms with van der Waals surface area (Å²) in [6.45, 7) is 1.08. The van der Waals surface area contributed by atoms with Crippen molar-refractivity contribution in [1.29, 1.82) is 0 Å². The van der Waals surface area contributed by atoms with Crippen molar-refractivity contribution in [3.8, 4) is 0 Å². The minimum atomic E-state index is -3.99. The van der Waals surface area contributed by atoms with E-state index in [4.69, 9.17) is 11.6 Å². The van der Waals surface area contributed by atoms with Gasteiger partial charge in [-0.15, -0.1) is 0 Å². The predicted octanol–water partition coefficient (Wildman–Crippen LogP) is 1.47. The maximum atomic E-state index is 13.1. The maximum absolute atomic E-state index is 13.1. The zero-order valence-corrected chi connectivity index (χ0v) is 17.0. The van der Waals surface area contributed by atoms with E-state index < -0.39 is 28.6 Å². The molecule has 2 aromatic carbocycles. The van der Waals surface area contributed by atoms with Gasteiger partial charge in [0.1, 0.15) is 11.9 Å². The van der Waals surface area contributed by atoms with E-state index in [0.29, 0.717) is 31.2 Å². The van der Waals surface area contributed by atoms with Crippen LogP contribution in [-0.2, 0) is 14.8 Å². The van der Waals surface area contributed by atoms with E-state index in [9.17, 15) is 22.7 Å². The number of hydrogen-bond acceptors (Lipinski definition) is 5. The number of benzene rings is 2. The number of anilines is 1. The van der Waals surface area contributed by atoms with Crippen LogP contribution in [0.4, 0.5) is 10.1 Å². The molecule has 1 fully saturated rings. The molecule has 29 heavy (non-hydrogen) atoms. The van der Waals surface area contributed by atoms with E-state index in [2.05, 4.69) is 4.72 Å². The molecule has 1 aliphatic heterocycles. The third-order valence-electron chi connectivity index (χ3n) is 4.69. The van der Waals surface area contributed by atoms with Crippen molar-refractivity contribution in [2.24, 2.45) is 0 Å². The molecule has 10 heteroatoms. The highest BCUT2D eigenvalue weighted by atomic mass is 35.5. The Hall–Kier alpha value is -2.20. The SMILES string of the molecule is O=C(C(CO)NS(=O)(=O)c1ccc(Cl)cc1)N1CCN(c2ccc(F)cc2)CC1. The Bertz CT molecular complexity index is 946. The molecule has 1 saturated heterocycles. The molecule has 1 atom stereocenters. The predicted molar refractivity (Wildman–Crippen MR) is 108 cm³/mol. The van der Waals surface area contributed by atoms with Crippen molar-refractivity contribution in [2.75, 3.05) is 37.7 Å². The fourth-order valence-corrected chi connectivity index (χ4v) is 4.40. The molecule has 156 valence electrons. The topological polar surface area (TPSA) is 89.9 Å². The Morgan fingerprint density at radius 3 is 2.21 bits per heavy atom.